The number of H-pyrrole nitrogens is 1. The van der Waals surface area contributed by atoms with Crippen LogP contribution in [0.15, 0.2) is 52.3 Å². The van der Waals surface area contributed by atoms with E-state index in [1.807, 2.05) is 26.1 Å². The van der Waals surface area contributed by atoms with Crippen LogP contribution in [0.5, 0.6) is 0 Å². The third-order valence-corrected chi connectivity index (χ3v) is 5.08. The second-order valence-corrected chi connectivity index (χ2v) is 7.31. The van der Waals surface area contributed by atoms with Crippen LogP contribution in [-0.2, 0) is 6.54 Å². The Morgan fingerprint density at radius 3 is 2.45 bits per heavy atom. The molecule has 0 aliphatic carbocycles. The Kier molecular flexibility index (Phi) is 7.07. The zero-order valence-electron chi connectivity index (χ0n) is 17.9. The fraction of sp³-hybridized carbons (Fsp3) is 0.364. The molecule has 9 nitrogen and oxygen atoms in total. The highest BCUT2D eigenvalue weighted by Gasteiger charge is 2.25. The maximum absolute atomic E-state index is 13.4. The minimum absolute atomic E-state index is 0.0137. The van der Waals surface area contributed by atoms with E-state index in [9.17, 15) is 14.4 Å². The highest BCUT2D eigenvalue weighted by atomic mass is 16.2. The summed E-state index contributed by atoms with van der Waals surface area (Å²) < 4.78 is 3.02. The van der Waals surface area contributed by atoms with E-state index in [1.165, 1.54) is 9.47 Å². The van der Waals surface area contributed by atoms with Crippen molar-refractivity contribution in [3.8, 4) is 5.69 Å². The predicted octanol–water partition coefficient (Wildman–Crippen LogP) is 2.55. The van der Waals surface area contributed by atoms with Crippen molar-refractivity contribution in [3.05, 3.63) is 69.1 Å². The summed E-state index contributed by atoms with van der Waals surface area (Å²) >= 11 is 0. The van der Waals surface area contributed by atoms with Gasteiger partial charge in [0.25, 0.3) is 11.5 Å². The van der Waals surface area contributed by atoms with Crippen molar-refractivity contribution >= 4 is 17.4 Å². The number of nitrogen functional groups attached to an aromatic ring is 1. The molecule has 164 valence electrons. The van der Waals surface area contributed by atoms with Crippen molar-refractivity contribution in [2.45, 2.75) is 46.1 Å². The number of nitrogens with one attached hydrogen (secondary N) is 1. The number of anilines is 2. The molecule has 0 radical (unpaired) electrons. The van der Waals surface area contributed by atoms with Gasteiger partial charge in [-0.2, -0.15) is 5.10 Å². The molecule has 0 saturated carbocycles. The predicted molar refractivity (Wildman–Crippen MR) is 121 cm³/mol. The summed E-state index contributed by atoms with van der Waals surface area (Å²) in [7, 11) is 0. The SMILES string of the molecule is CCCCN(C(=O)c1ccc(-n2cccn2)cc1)c1c(N)n(CCCC)c(=O)[nH]c1=O. The lowest BCUT2D eigenvalue weighted by atomic mass is 10.1. The number of benzene rings is 1. The van der Waals surface area contributed by atoms with Gasteiger partial charge in [-0.25, -0.2) is 9.48 Å². The summed E-state index contributed by atoms with van der Waals surface area (Å²) in [6, 6.07) is 8.77. The quantitative estimate of drug-likeness (QED) is 0.547. The largest absolute Gasteiger partial charge is 0.383 e. The first-order valence-corrected chi connectivity index (χ1v) is 10.5. The van der Waals surface area contributed by atoms with Crippen LogP contribution in [0.25, 0.3) is 5.69 Å². The normalized spacial score (nSPS) is 10.9. The highest BCUT2D eigenvalue weighted by molar-refractivity contribution is 6.07. The molecule has 0 aliphatic heterocycles. The Labute approximate surface area is 180 Å². The zero-order chi connectivity index (χ0) is 22.4. The topological polar surface area (TPSA) is 119 Å². The Morgan fingerprint density at radius 2 is 1.84 bits per heavy atom. The van der Waals surface area contributed by atoms with Gasteiger partial charge in [-0.05, 0) is 43.2 Å². The zero-order valence-corrected chi connectivity index (χ0v) is 17.9. The summed E-state index contributed by atoms with van der Waals surface area (Å²) in [5.41, 5.74) is 6.26. The first-order chi connectivity index (χ1) is 15.0. The molecule has 3 N–H and O–H groups in total. The highest BCUT2D eigenvalue weighted by Crippen LogP contribution is 2.21. The number of aromatic nitrogens is 4. The van der Waals surface area contributed by atoms with Crippen LogP contribution >= 0.6 is 0 Å². The van der Waals surface area contributed by atoms with E-state index in [2.05, 4.69) is 10.1 Å². The third kappa shape index (κ3) is 4.76. The van der Waals surface area contributed by atoms with E-state index < -0.39 is 11.2 Å². The van der Waals surface area contributed by atoms with Gasteiger partial charge < -0.3 is 10.6 Å². The summed E-state index contributed by atoms with van der Waals surface area (Å²) in [5.74, 6) is -0.335. The van der Waals surface area contributed by atoms with Crippen LogP contribution < -0.4 is 21.9 Å². The average molecular weight is 425 g/mol. The molecule has 1 aromatic carbocycles. The monoisotopic (exact) mass is 424 g/mol. The number of amides is 1. The number of rotatable bonds is 9. The third-order valence-electron chi connectivity index (χ3n) is 5.08. The van der Waals surface area contributed by atoms with Crippen LogP contribution in [0.3, 0.4) is 0 Å². The van der Waals surface area contributed by atoms with Crippen molar-refractivity contribution in [1.82, 2.24) is 19.3 Å². The molecule has 9 heteroatoms. The lowest BCUT2D eigenvalue weighted by Gasteiger charge is -2.24. The maximum Gasteiger partial charge on any atom is 0.330 e. The van der Waals surface area contributed by atoms with Crippen LogP contribution in [0, 0.1) is 0 Å². The Morgan fingerprint density at radius 1 is 1.13 bits per heavy atom. The molecule has 0 spiro atoms. The summed E-state index contributed by atoms with van der Waals surface area (Å²) in [5, 5.41) is 4.18. The van der Waals surface area contributed by atoms with Gasteiger partial charge in [0.1, 0.15) is 5.82 Å². The minimum Gasteiger partial charge on any atom is -0.383 e. The van der Waals surface area contributed by atoms with Gasteiger partial charge in [-0.15, -0.1) is 0 Å². The van der Waals surface area contributed by atoms with E-state index in [0.717, 1.165) is 24.9 Å². The second-order valence-electron chi connectivity index (χ2n) is 7.31. The number of unbranched alkanes of at least 4 members (excludes halogenated alkanes) is 2. The van der Waals surface area contributed by atoms with Gasteiger partial charge >= 0.3 is 5.69 Å². The number of carbonyl (C=O) groups excluding carboxylic acids is 1. The number of aromatic amines is 1. The van der Waals surface area contributed by atoms with Crippen molar-refractivity contribution < 1.29 is 4.79 Å². The molecule has 31 heavy (non-hydrogen) atoms. The molecule has 0 unspecified atom stereocenters. The van der Waals surface area contributed by atoms with Crippen LogP contribution in [0.4, 0.5) is 11.5 Å². The second kappa shape index (κ2) is 9.92. The maximum atomic E-state index is 13.4. The number of nitrogens with two attached hydrogens (primary N) is 1. The molecule has 1 amide bonds. The average Bonchev–Trinajstić information content (AvgIpc) is 3.30. The minimum atomic E-state index is -0.659. The van der Waals surface area contributed by atoms with Crippen LogP contribution in [0.2, 0.25) is 0 Å². The van der Waals surface area contributed by atoms with Crippen LogP contribution in [-0.4, -0.2) is 31.8 Å². The number of nitrogens with zero attached hydrogens (tertiary/aromatic N) is 4. The Bertz CT molecular complexity index is 1130. The van der Waals surface area contributed by atoms with Gasteiger partial charge in [0.15, 0.2) is 5.69 Å². The van der Waals surface area contributed by atoms with Gasteiger partial charge in [-0.3, -0.25) is 19.1 Å². The first-order valence-electron chi connectivity index (χ1n) is 10.5. The lowest BCUT2D eigenvalue weighted by molar-refractivity contribution is 0.0986. The number of carbonyl (C=O) groups is 1. The molecular formula is C22H28N6O3. The van der Waals surface area contributed by atoms with E-state index in [-0.39, 0.29) is 17.4 Å². The molecule has 3 rings (SSSR count). The lowest BCUT2D eigenvalue weighted by Crippen LogP contribution is -2.41. The molecule has 2 aromatic heterocycles. The number of hydrogen-bond donors (Lipinski definition) is 2. The molecule has 0 atom stereocenters. The van der Waals surface area contributed by atoms with Gasteiger partial charge in [-0.1, -0.05) is 26.7 Å². The molecule has 0 bridgehead atoms. The molecule has 0 saturated heterocycles. The first kappa shape index (κ1) is 22.1. The molecule has 3 aromatic rings. The summed E-state index contributed by atoms with van der Waals surface area (Å²) in [6.45, 7) is 4.68. The van der Waals surface area contributed by atoms with Crippen molar-refractivity contribution in [1.29, 1.82) is 0 Å². The van der Waals surface area contributed by atoms with E-state index in [0.29, 0.717) is 25.1 Å². The van der Waals surface area contributed by atoms with E-state index in [1.54, 1.807) is 35.1 Å². The molecule has 0 aliphatic rings. The summed E-state index contributed by atoms with van der Waals surface area (Å²) in [4.78, 5) is 42.0. The Hall–Kier alpha value is -3.62. The fourth-order valence-corrected chi connectivity index (χ4v) is 3.34. The van der Waals surface area contributed by atoms with Crippen molar-refractivity contribution in [3.63, 3.8) is 0 Å². The molecular weight excluding hydrogens is 396 g/mol. The van der Waals surface area contributed by atoms with Crippen LogP contribution in [0.1, 0.15) is 49.9 Å². The standard InChI is InChI=1S/C22H28N6O3/c1-3-5-13-26(18-19(23)27(14-6-4-2)22(31)25-20(18)29)21(30)16-8-10-17(11-9-16)28-15-7-12-24-28/h7-12,15H,3-6,13-14,23H2,1-2H3,(H,25,29,31). The van der Waals surface area contributed by atoms with E-state index >= 15 is 0 Å². The smallest absolute Gasteiger partial charge is 0.330 e. The fourth-order valence-electron chi connectivity index (χ4n) is 3.34. The number of hydrogen-bond acceptors (Lipinski definition) is 5. The van der Waals surface area contributed by atoms with Gasteiger partial charge in [0.05, 0.1) is 5.69 Å². The molecule has 0 fully saturated rings. The van der Waals surface area contributed by atoms with Crippen molar-refractivity contribution in [2.24, 2.45) is 0 Å². The Balaban J connectivity index is 2.01. The van der Waals surface area contributed by atoms with E-state index in [4.69, 9.17) is 5.73 Å². The summed E-state index contributed by atoms with van der Waals surface area (Å²) in [6.07, 6.45) is 6.59. The van der Waals surface area contributed by atoms with Gasteiger partial charge in [0.2, 0.25) is 0 Å². The molecule has 2 heterocycles. The van der Waals surface area contributed by atoms with Crippen molar-refractivity contribution in [2.75, 3.05) is 17.2 Å². The van der Waals surface area contributed by atoms with Gasteiger partial charge in [0, 0.05) is 31.0 Å².